The molecule has 1 aliphatic heterocycles. The summed E-state index contributed by atoms with van der Waals surface area (Å²) in [5.41, 5.74) is 1.68. The van der Waals surface area contributed by atoms with Gasteiger partial charge in [0.15, 0.2) is 0 Å². The van der Waals surface area contributed by atoms with Crippen LogP contribution in [0.5, 0.6) is 5.75 Å². The van der Waals surface area contributed by atoms with Crippen LogP contribution in [-0.2, 0) is 16.0 Å². The van der Waals surface area contributed by atoms with Gasteiger partial charge in [-0.3, -0.25) is 14.5 Å². The first-order chi connectivity index (χ1) is 11.5. The minimum Gasteiger partial charge on any atom is -0.491 e. The zero-order valence-corrected chi connectivity index (χ0v) is 13.9. The number of imide groups is 1. The highest BCUT2D eigenvalue weighted by atomic mass is 16.5. The van der Waals surface area contributed by atoms with Gasteiger partial charge >= 0.3 is 0 Å². The Labute approximate surface area is 142 Å². The van der Waals surface area contributed by atoms with E-state index in [-0.39, 0.29) is 30.3 Å². The van der Waals surface area contributed by atoms with E-state index in [1.54, 1.807) is 12.1 Å². The largest absolute Gasteiger partial charge is 0.491 e. The maximum absolute atomic E-state index is 12.6. The van der Waals surface area contributed by atoms with E-state index in [9.17, 15) is 9.59 Å². The maximum Gasteiger partial charge on any atom is 0.237 e. The fourth-order valence-corrected chi connectivity index (χ4v) is 2.96. The number of hydrogen-bond donors (Lipinski definition) is 0. The van der Waals surface area contributed by atoms with Gasteiger partial charge in [0.2, 0.25) is 11.8 Å². The summed E-state index contributed by atoms with van der Waals surface area (Å²) in [4.78, 5) is 26.2. The number of para-hydroxylation sites is 1. The summed E-state index contributed by atoms with van der Waals surface area (Å²) in [6, 6.07) is 16.8. The summed E-state index contributed by atoms with van der Waals surface area (Å²) in [5.74, 6) is 0.271. The van der Waals surface area contributed by atoms with Crippen LogP contribution in [0, 0.1) is 5.92 Å². The van der Waals surface area contributed by atoms with Gasteiger partial charge in [-0.1, -0.05) is 30.3 Å². The summed E-state index contributed by atoms with van der Waals surface area (Å²) < 4.78 is 5.62. The predicted octanol–water partition coefficient (Wildman–Crippen LogP) is 3.60. The fraction of sp³-hybridized carbons (Fsp3) is 0.300. The number of amides is 2. The number of benzene rings is 2. The van der Waals surface area contributed by atoms with Gasteiger partial charge < -0.3 is 4.74 Å². The number of rotatable bonds is 5. The van der Waals surface area contributed by atoms with Gasteiger partial charge in [0, 0.05) is 6.42 Å². The van der Waals surface area contributed by atoms with Crippen molar-refractivity contribution >= 4 is 17.5 Å². The molecule has 2 amide bonds. The van der Waals surface area contributed by atoms with E-state index in [1.165, 1.54) is 4.90 Å². The van der Waals surface area contributed by atoms with Crippen LogP contribution in [0.3, 0.4) is 0 Å². The monoisotopic (exact) mass is 323 g/mol. The van der Waals surface area contributed by atoms with Gasteiger partial charge in [0.05, 0.1) is 17.7 Å². The molecule has 1 unspecified atom stereocenters. The zero-order valence-electron chi connectivity index (χ0n) is 13.9. The SMILES string of the molecule is CC(C)Oc1ccc(CC2CC(=O)N(c3ccccc3)C2=O)cc1. The molecule has 4 heteroatoms. The Bertz CT molecular complexity index is 722. The lowest BCUT2D eigenvalue weighted by atomic mass is 9.98. The molecule has 0 radical (unpaired) electrons. The molecule has 0 bridgehead atoms. The first-order valence-corrected chi connectivity index (χ1v) is 8.22. The molecule has 2 aromatic rings. The highest BCUT2D eigenvalue weighted by Crippen LogP contribution is 2.29. The van der Waals surface area contributed by atoms with Gasteiger partial charge in [-0.2, -0.15) is 0 Å². The summed E-state index contributed by atoms with van der Waals surface area (Å²) in [6.45, 7) is 3.96. The van der Waals surface area contributed by atoms with Crippen molar-refractivity contribution in [1.82, 2.24) is 0 Å². The maximum atomic E-state index is 12.6. The van der Waals surface area contributed by atoms with Gasteiger partial charge in [0.1, 0.15) is 5.75 Å². The van der Waals surface area contributed by atoms with Crippen molar-refractivity contribution in [1.29, 1.82) is 0 Å². The van der Waals surface area contributed by atoms with E-state index in [1.807, 2.05) is 56.3 Å². The van der Waals surface area contributed by atoms with Gasteiger partial charge in [-0.05, 0) is 50.1 Å². The Morgan fingerprint density at radius 2 is 1.71 bits per heavy atom. The van der Waals surface area contributed by atoms with E-state index in [4.69, 9.17) is 4.74 Å². The number of carbonyl (C=O) groups is 2. The molecule has 0 aliphatic carbocycles. The predicted molar refractivity (Wildman–Crippen MR) is 93.0 cm³/mol. The van der Waals surface area contributed by atoms with Crippen molar-refractivity contribution in [2.75, 3.05) is 4.90 Å². The second kappa shape index (κ2) is 6.87. The molecule has 0 aromatic heterocycles. The molecule has 2 aromatic carbocycles. The number of hydrogen-bond acceptors (Lipinski definition) is 3. The lowest BCUT2D eigenvalue weighted by molar-refractivity contribution is -0.122. The molecule has 1 saturated heterocycles. The lowest BCUT2D eigenvalue weighted by Crippen LogP contribution is -2.30. The van der Waals surface area contributed by atoms with Crippen molar-refractivity contribution < 1.29 is 14.3 Å². The van der Waals surface area contributed by atoms with Gasteiger partial charge in [0.25, 0.3) is 0 Å². The Kier molecular flexibility index (Phi) is 4.65. The first kappa shape index (κ1) is 16.2. The molecule has 1 atom stereocenters. The summed E-state index contributed by atoms with van der Waals surface area (Å²) in [5, 5.41) is 0. The minimum atomic E-state index is -0.297. The van der Waals surface area contributed by atoms with Gasteiger partial charge in [-0.25, -0.2) is 0 Å². The molecular formula is C20H21NO3. The second-order valence-corrected chi connectivity index (χ2v) is 6.32. The first-order valence-electron chi connectivity index (χ1n) is 8.22. The van der Waals surface area contributed by atoms with Crippen molar-refractivity contribution in [2.45, 2.75) is 32.8 Å². The van der Waals surface area contributed by atoms with E-state index < -0.39 is 0 Å². The van der Waals surface area contributed by atoms with Crippen LogP contribution in [0.1, 0.15) is 25.8 Å². The van der Waals surface area contributed by atoms with Crippen LogP contribution >= 0.6 is 0 Å². The molecular weight excluding hydrogens is 302 g/mol. The molecule has 1 aliphatic rings. The molecule has 24 heavy (non-hydrogen) atoms. The number of anilines is 1. The van der Waals surface area contributed by atoms with Crippen molar-refractivity contribution in [2.24, 2.45) is 5.92 Å². The summed E-state index contributed by atoms with van der Waals surface area (Å²) in [7, 11) is 0. The van der Waals surface area contributed by atoms with Crippen LogP contribution in [-0.4, -0.2) is 17.9 Å². The quantitative estimate of drug-likeness (QED) is 0.790. The lowest BCUT2D eigenvalue weighted by Gasteiger charge is -2.15. The average Bonchev–Trinajstić information content (AvgIpc) is 2.83. The van der Waals surface area contributed by atoms with E-state index >= 15 is 0 Å². The zero-order chi connectivity index (χ0) is 17.1. The second-order valence-electron chi connectivity index (χ2n) is 6.32. The molecule has 0 spiro atoms. The Morgan fingerprint density at radius 3 is 2.33 bits per heavy atom. The highest BCUT2D eigenvalue weighted by molar-refractivity contribution is 6.20. The minimum absolute atomic E-state index is 0.117. The van der Waals surface area contributed by atoms with Crippen molar-refractivity contribution in [3.05, 3.63) is 60.2 Å². The summed E-state index contributed by atoms with van der Waals surface area (Å²) in [6.07, 6.45) is 0.956. The molecule has 0 N–H and O–H groups in total. The highest BCUT2D eigenvalue weighted by Gasteiger charge is 2.39. The number of nitrogens with zero attached hydrogens (tertiary/aromatic N) is 1. The fourth-order valence-electron chi connectivity index (χ4n) is 2.96. The Balaban J connectivity index is 1.70. The molecule has 3 rings (SSSR count). The third-order valence-electron chi connectivity index (χ3n) is 4.03. The van der Waals surface area contributed by atoms with E-state index in [0.717, 1.165) is 11.3 Å². The Hall–Kier alpha value is -2.62. The van der Waals surface area contributed by atoms with Crippen molar-refractivity contribution in [3.63, 3.8) is 0 Å². The molecule has 124 valence electrons. The number of ether oxygens (including phenoxy) is 1. The molecule has 4 nitrogen and oxygen atoms in total. The third-order valence-corrected chi connectivity index (χ3v) is 4.03. The molecule has 1 fully saturated rings. The smallest absolute Gasteiger partial charge is 0.237 e. The molecule has 0 saturated carbocycles. The van der Waals surface area contributed by atoms with Crippen LogP contribution < -0.4 is 9.64 Å². The standard InChI is InChI=1S/C20H21NO3/c1-14(2)24-18-10-8-15(9-11-18)12-16-13-19(22)21(20(16)23)17-6-4-3-5-7-17/h3-11,14,16H,12-13H2,1-2H3. The third kappa shape index (κ3) is 3.48. The normalized spacial score (nSPS) is 17.6. The average molecular weight is 323 g/mol. The number of carbonyl (C=O) groups excluding carboxylic acids is 2. The van der Waals surface area contributed by atoms with Crippen LogP contribution in [0.15, 0.2) is 54.6 Å². The van der Waals surface area contributed by atoms with Crippen LogP contribution in [0.25, 0.3) is 0 Å². The van der Waals surface area contributed by atoms with Gasteiger partial charge in [-0.15, -0.1) is 0 Å². The van der Waals surface area contributed by atoms with Crippen molar-refractivity contribution in [3.8, 4) is 5.75 Å². The topological polar surface area (TPSA) is 46.6 Å². The molecule has 1 heterocycles. The summed E-state index contributed by atoms with van der Waals surface area (Å²) >= 11 is 0. The van der Waals surface area contributed by atoms with Crippen LogP contribution in [0.4, 0.5) is 5.69 Å². The van der Waals surface area contributed by atoms with Crippen LogP contribution in [0.2, 0.25) is 0 Å². The van der Waals surface area contributed by atoms with E-state index in [2.05, 4.69) is 0 Å². The van der Waals surface area contributed by atoms with E-state index in [0.29, 0.717) is 12.1 Å². The Morgan fingerprint density at radius 1 is 1.04 bits per heavy atom.